The van der Waals surface area contributed by atoms with Crippen LogP contribution in [-0.2, 0) is 11.3 Å². The van der Waals surface area contributed by atoms with E-state index in [1.165, 1.54) is 0 Å². The zero-order chi connectivity index (χ0) is 11.1. The van der Waals surface area contributed by atoms with Gasteiger partial charge in [0.05, 0.1) is 18.5 Å². The first-order valence-electron chi connectivity index (χ1n) is 5.44. The van der Waals surface area contributed by atoms with Crippen LogP contribution in [0.2, 0.25) is 0 Å². The normalized spacial score (nSPS) is 12.7. The van der Waals surface area contributed by atoms with Crippen LogP contribution in [-0.4, -0.2) is 29.6 Å². The van der Waals surface area contributed by atoms with Gasteiger partial charge in [0, 0.05) is 26.7 Å². The molecule has 0 radical (unpaired) electrons. The fourth-order valence-corrected chi connectivity index (χ4v) is 1.33. The maximum Gasteiger partial charge on any atom is 0.157 e. The van der Waals surface area contributed by atoms with E-state index in [-0.39, 0.29) is 6.10 Å². The Kier molecular flexibility index (Phi) is 5.18. The molecular formula is C11H20N2O2. The van der Waals surface area contributed by atoms with Crippen LogP contribution in [0.1, 0.15) is 26.7 Å². The van der Waals surface area contributed by atoms with Crippen molar-refractivity contribution in [1.82, 2.24) is 9.78 Å². The molecule has 0 N–H and O–H groups in total. The second-order valence-electron chi connectivity index (χ2n) is 3.65. The Bertz CT molecular complexity index is 273. The van der Waals surface area contributed by atoms with Crippen molar-refractivity contribution in [3.63, 3.8) is 0 Å². The van der Waals surface area contributed by atoms with E-state index in [4.69, 9.17) is 9.47 Å². The van der Waals surface area contributed by atoms with Crippen LogP contribution < -0.4 is 4.74 Å². The van der Waals surface area contributed by atoms with Crippen molar-refractivity contribution in [3.8, 4) is 5.75 Å². The average molecular weight is 212 g/mol. The molecule has 1 unspecified atom stereocenters. The molecule has 0 spiro atoms. The van der Waals surface area contributed by atoms with Crippen molar-refractivity contribution < 1.29 is 9.47 Å². The largest absolute Gasteiger partial charge is 0.487 e. The molecule has 4 heteroatoms. The van der Waals surface area contributed by atoms with Gasteiger partial charge in [0.1, 0.15) is 0 Å². The summed E-state index contributed by atoms with van der Waals surface area (Å²) < 4.78 is 12.6. The molecule has 0 fully saturated rings. The Balaban J connectivity index is 2.35. The van der Waals surface area contributed by atoms with Crippen molar-refractivity contribution in [2.75, 3.05) is 13.7 Å². The number of methoxy groups -OCH3 is 1. The van der Waals surface area contributed by atoms with Crippen molar-refractivity contribution >= 4 is 0 Å². The minimum Gasteiger partial charge on any atom is -0.487 e. The highest BCUT2D eigenvalue weighted by Gasteiger charge is 2.05. The van der Waals surface area contributed by atoms with Crippen LogP contribution in [0.15, 0.2) is 12.4 Å². The summed E-state index contributed by atoms with van der Waals surface area (Å²) in [6.45, 7) is 5.83. The van der Waals surface area contributed by atoms with Crippen LogP contribution >= 0.6 is 0 Å². The summed E-state index contributed by atoms with van der Waals surface area (Å²) in [5.74, 6) is 0.840. The third kappa shape index (κ3) is 4.34. The number of nitrogens with zero attached hydrogens (tertiary/aromatic N) is 2. The Hall–Kier alpha value is -1.03. The molecule has 1 aromatic heterocycles. The van der Waals surface area contributed by atoms with Crippen molar-refractivity contribution in [2.24, 2.45) is 0 Å². The Morgan fingerprint density at radius 1 is 1.53 bits per heavy atom. The average Bonchev–Trinajstić information content (AvgIpc) is 2.63. The quantitative estimate of drug-likeness (QED) is 0.694. The second-order valence-corrected chi connectivity index (χ2v) is 3.65. The van der Waals surface area contributed by atoms with Gasteiger partial charge in [0.25, 0.3) is 0 Å². The Morgan fingerprint density at radius 3 is 3.00 bits per heavy atom. The SMILES string of the molecule is CCCn1cc(OC(C)CCOC)cn1. The molecule has 1 atom stereocenters. The van der Waals surface area contributed by atoms with Crippen LogP contribution in [0.3, 0.4) is 0 Å². The van der Waals surface area contributed by atoms with Gasteiger partial charge < -0.3 is 9.47 Å². The molecule has 0 bridgehead atoms. The smallest absolute Gasteiger partial charge is 0.157 e. The molecule has 0 aromatic carbocycles. The first-order valence-corrected chi connectivity index (χ1v) is 5.44. The summed E-state index contributed by atoms with van der Waals surface area (Å²) in [4.78, 5) is 0. The maximum atomic E-state index is 5.68. The van der Waals surface area contributed by atoms with E-state index in [0.717, 1.165) is 31.7 Å². The summed E-state index contributed by atoms with van der Waals surface area (Å²) in [5.41, 5.74) is 0. The number of hydrogen-bond donors (Lipinski definition) is 0. The van der Waals surface area contributed by atoms with Crippen molar-refractivity contribution in [2.45, 2.75) is 39.3 Å². The van der Waals surface area contributed by atoms with E-state index in [9.17, 15) is 0 Å². The van der Waals surface area contributed by atoms with Gasteiger partial charge in [0.2, 0.25) is 0 Å². The van der Waals surface area contributed by atoms with E-state index < -0.39 is 0 Å². The predicted molar refractivity (Wildman–Crippen MR) is 59.1 cm³/mol. The molecule has 0 saturated carbocycles. The van der Waals surface area contributed by atoms with Gasteiger partial charge in [-0.2, -0.15) is 5.10 Å². The summed E-state index contributed by atoms with van der Waals surface area (Å²) in [6.07, 6.45) is 5.85. The minimum absolute atomic E-state index is 0.171. The molecule has 86 valence electrons. The molecular weight excluding hydrogens is 192 g/mol. The van der Waals surface area contributed by atoms with E-state index in [2.05, 4.69) is 12.0 Å². The zero-order valence-corrected chi connectivity index (χ0v) is 9.77. The van der Waals surface area contributed by atoms with Crippen LogP contribution in [0.5, 0.6) is 5.75 Å². The van der Waals surface area contributed by atoms with E-state index in [0.29, 0.717) is 0 Å². The lowest BCUT2D eigenvalue weighted by atomic mass is 10.3. The molecule has 4 nitrogen and oxygen atoms in total. The summed E-state index contributed by atoms with van der Waals surface area (Å²) >= 11 is 0. The molecule has 0 amide bonds. The molecule has 0 aliphatic rings. The van der Waals surface area contributed by atoms with Crippen molar-refractivity contribution in [1.29, 1.82) is 0 Å². The third-order valence-corrected chi connectivity index (χ3v) is 2.13. The summed E-state index contributed by atoms with van der Waals surface area (Å²) in [5, 5.41) is 4.20. The highest BCUT2D eigenvalue weighted by molar-refractivity contribution is 5.11. The van der Waals surface area contributed by atoms with Gasteiger partial charge in [-0.1, -0.05) is 6.92 Å². The predicted octanol–water partition coefficient (Wildman–Crippen LogP) is 2.10. The highest BCUT2D eigenvalue weighted by Crippen LogP contribution is 2.12. The van der Waals surface area contributed by atoms with Crippen molar-refractivity contribution in [3.05, 3.63) is 12.4 Å². The second kappa shape index (κ2) is 6.45. The number of aromatic nitrogens is 2. The molecule has 0 aliphatic heterocycles. The lowest BCUT2D eigenvalue weighted by Gasteiger charge is -2.11. The number of rotatable bonds is 7. The molecule has 1 rings (SSSR count). The fourth-order valence-electron chi connectivity index (χ4n) is 1.33. The summed E-state index contributed by atoms with van der Waals surface area (Å²) in [7, 11) is 1.70. The van der Waals surface area contributed by atoms with Crippen LogP contribution in [0, 0.1) is 0 Å². The van der Waals surface area contributed by atoms with E-state index in [1.807, 2.05) is 17.8 Å². The molecule has 0 aliphatic carbocycles. The van der Waals surface area contributed by atoms with Crippen LogP contribution in [0.4, 0.5) is 0 Å². The first-order chi connectivity index (χ1) is 7.26. The number of aryl methyl sites for hydroxylation is 1. The van der Waals surface area contributed by atoms with Gasteiger partial charge in [-0.05, 0) is 13.3 Å². The minimum atomic E-state index is 0.171. The van der Waals surface area contributed by atoms with Gasteiger partial charge in [0.15, 0.2) is 5.75 Å². The molecule has 1 aromatic rings. The monoisotopic (exact) mass is 212 g/mol. The van der Waals surface area contributed by atoms with E-state index >= 15 is 0 Å². The lowest BCUT2D eigenvalue weighted by molar-refractivity contribution is 0.135. The zero-order valence-electron chi connectivity index (χ0n) is 9.77. The maximum absolute atomic E-state index is 5.68. The first kappa shape index (κ1) is 12.0. The molecule has 1 heterocycles. The molecule has 15 heavy (non-hydrogen) atoms. The van der Waals surface area contributed by atoms with Crippen LogP contribution in [0.25, 0.3) is 0 Å². The molecule has 0 saturated heterocycles. The van der Waals surface area contributed by atoms with Gasteiger partial charge in [-0.3, -0.25) is 4.68 Å². The number of ether oxygens (including phenoxy) is 2. The Morgan fingerprint density at radius 2 is 2.33 bits per heavy atom. The lowest BCUT2D eigenvalue weighted by Crippen LogP contribution is -2.13. The van der Waals surface area contributed by atoms with Gasteiger partial charge in [-0.25, -0.2) is 0 Å². The fraction of sp³-hybridized carbons (Fsp3) is 0.727. The van der Waals surface area contributed by atoms with Gasteiger partial charge in [-0.15, -0.1) is 0 Å². The third-order valence-electron chi connectivity index (χ3n) is 2.13. The number of hydrogen-bond acceptors (Lipinski definition) is 3. The van der Waals surface area contributed by atoms with Gasteiger partial charge >= 0.3 is 0 Å². The summed E-state index contributed by atoms with van der Waals surface area (Å²) in [6, 6.07) is 0. The van der Waals surface area contributed by atoms with E-state index in [1.54, 1.807) is 13.3 Å². The standard InChI is InChI=1S/C11H20N2O2/c1-4-6-13-9-11(8-12-13)15-10(2)5-7-14-3/h8-10H,4-7H2,1-3H3. The highest BCUT2D eigenvalue weighted by atomic mass is 16.5. The topological polar surface area (TPSA) is 36.3 Å². The Labute approximate surface area is 91.2 Å².